The Morgan fingerprint density at radius 1 is 1.44 bits per heavy atom. The maximum atomic E-state index is 12.1. The van der Waals surface area contributed by atoms with Crippen LogP contribution in [0.25, 0.3) is 0 Å². The third-order valence-electron chi connectivity index (χ3n) is 3.65. The van der Waals surface area contributed by atoms with Gasteiger partial charge >= 0.3 is 0 Å². The zero-order valence-corrected chi connectivity index (χ0v) is 11.4. The van der Waals surface area contributed by atoms with E-state index in [9.17, 15) is 4.79 Å². The number of hydrogen-bond donors (Lipinski definition) is 1. The van der Waals surface area contributed by atoms with Crippen molar-refractivity contribution in [1.82, 2.24) is 10.3 Å². The lowest BCUT2D eigenvalue weighted by atomic mass is 9.70. The number of nitrogens with one attached hydrogen (secondary N) is 1. The standard InChI is InChI=1S/C15H22N2O/c1-11-7-13(9-15(2,3)8-11)17-14(18)12-5-4-6-16-10-12/h4-6,10-11,13H,7-9H2,1-3H3,(H,17,18)/t11-,13-/m0/s1. The van der Waals surface area contributed by atoms with Gasteiger partial charge in [0.2, 0.25) is 0 Å². The molecule has 2 rings (SSSR count). The van der Waals surface area contributed by atoms with Gasteiger partial charge in [-0.15, -0.1) is 0 Å². The van der Waals surface area contributed by atoms with E-state index in [1.807, 2.05) is 0 Å². The van der Waals surface area contributed by atoms with Gasteiger partial charge in [0.1, 0.15) is 0 Å². The highest BCUT2D eigenvalue weighted by molar-refractivity contribution is 5.94. The first-order valence-corrected chi connectivity index (χ1v) is 6.67. The number of pyridine rings is 1. The second-order valence-electron chi connectivity index (χ2n) is 6.33. The highest BCUT2D eigenvalue weighted by atomic mass is 16.1. The van der Waals surface area contributed by atoms with Gasteiger partial charge in [-0.1, -0.05) is 20.8 Å². The molecule has 1 aromatic rings. The molecule has 0 radical (unpaired) electrons. The van der Waals surface area contributed by atoms with E-state index < -0.39 is 0 Å². The van der Waals surface area contributed by atoms with Crippen LogP contribution in [0.4, 0.5) is 0 Å². The average Bonchev–Trinajstić information content (AvgIpc) is 2.27. The Labute approximate surface area is 109 Å². The summed E-state index contributed by atoms with van der Waals surface area (Å²) in [6.07, 6.45) is 6.68. The fourth-order valence-electron chi connectivity index (χ4n) is 3.22. The zero-order valence-electron chi connectivity index (χ0n) is 11.4. The van der Waals surface area contributed by atoms with Gasteiger partial charge in [0.05, 0.1) is 5.56 Å². The van der Waals surface area contributed by atoms with Crippen LogP contribution in [0.3, 0.4) is 0 Å². The lowest BCUT2D eigenvalue weighted by Gasteiger charge is -2.39. The van der Waals surface area contributed by atoms with Gasteiger partial charge < -0.3 is 5.32 Å². The number of aromatic nitrogens is 1. The summed E-state index contributed by atoms with van der Waals surface area (Å²) in [7, 11) is 0. The Balaban J connectivity index is 1.99. The molecule has 18 heavy (non-hydrogen) atoms. The van der Waals surface area contributed by atoms with E-state index in [0.29, 0.717) is 16.9 Å². The molecule has 1 heterocycles. The van der Waals surface area contributed by atoms with E-state index in [1.165, 1.54) is 6.42 Å². The number of carbonyl (C=O) groups is 1. The van der Waals surface area contributed by atoms with Crippen molar-refractivity contribution >= 4 is 5.91 Å². The van der Waals surface area contributed by atoms with Crippen LogP contribution in [-0.2, 0) is 0 Å². The van der Waals surface area contributed by atoms with E-state index in [-0.39, 0.29) is 11.9 Å². The topological polar surface area (TPSA) is 42.0 Å². The Morgan fingerprint density at radius 2 is 2.22 bits per heavy atom. The van der Waals surface area contributed by atoms with Gasteiger partial charge in [-0.25, -0.2) is 0 Å². The summed E-state index contributed by atoms with van der Waals surface area (Å²) < 4.78 is 0. The Morgan fingerprint density at radius 3 is 2.83 bits per heavy atom. The molecular weight excluding hydrogens is 224 g/mol. The average molecular weight is 246 g/mol. The van der Waals surface area contributed by atoms with Crippen molar-refractivity contribution in [2.75, 3.05) is 0 Å². The second kappa shape index (κ2) is 5.09. The molecule has 0 saturated heterocycles. The van der Waals surface area contributed by atoms with E-state index in [4.69, 9.17) is 0 Å². The van der Waals surface area contributed by atoms with Crippen LogP contribution in [0.2, 0.25) is 0 Å². The van der Waals surface area contributed by atoms with Crippen LogP contribution in [0.15, 0.2) is 24.5 Å². The van der Waals surface area contributed by atoms with Crippen LogP contribution in [-0.4, -0.2) is 16.9 Å². The first kappa shape index (κ1) is 13.1. The third-order valence-corrected chi connectivity index (χ3v) is 3.65. The minimum atomic E-state index is -0.00185. The van der Waals surface area contributed by atoms with Gasteiger partial charge in [0.15, 0.2) is 0 Å². The molecule has 0 spiro atoms. The Bertz CT molecular complexity index is 414. The molecule has 1 aromatic heterocycles. The molecule has 1 saturated carbocycles. The van der Waals surface area contributed by atoms with Crippen molar-refractivity contribution in [3.63, 3.8) is 0 Å². The molecule has 1 fully saturated rings. The number of rotatable bonds is 2. The molecule has 0 bridgehead atoms. The first-order chi connectivity index (χ1) is 8.46. The van der Waals surface area contributed by atoms with Gasteiger partial charge in [-0.3, -0.25) is 9.78 Å². The summed E-state index contributed by atoms with van der Waals surface area (Å²) in [6.45, 7) is 6.84. The molecule has 1 N–H and O–H groups in total. The van der Waals surface area contributed by atoms with Crippen LogP contribution >= 0.6 is 0 Å². The molecule has 3 nitrogen and oxygen atoms in total. The fraction of sp³-hybridized carbons (Fsp3) is 0.600. The summed E-state index contributed by atoms with van der Waals surface area (Å²) in [5.74, 6) is 0.672. The van der Waals surface area contributed by atoms with E-state index in [1.54, 1.807) is 24.5 Å². The smallest absolute Gasteiger partial charge is 0.253 e. The van der Waals surface area contributed by atoms with Crippen LogP contribution < -0.4 is 5.32 Å². The van der Waals surface area contributed by atoms with E-state index in [0.717, 1.165) is 12.8 Å². The summed E-state index contributed by atoms with van der Waals surface area (Å²) in [4.78, 5) is 16.1. The number of amides is 1. The maximum absolute atomic E-state index is 12.1. The van der Waals surface area contributed by atoms with Crippen molar-refractivity contribution in [2.45, 2.75) is 46.1 Å². The predicted octanol–water partition coefficient (Wildman–Crippen LogP) is 3.03. The Hall–Kier alpha value is -1.38. The third kappa shape index (κ3) is 3.31. The largest absolute Gasteiger partial charge is 0.349 e. The second-order valence-corrected chi connectivity index (χ2v) is 6.33. The number of nitrogens with zero attached hydrogens (tertiary/aromatic N) is 1. The number of carbonyl (C=O) groups excluding carboxylic acids is 1. The molecule has 98 valence electrons. The molecule has 1 amide bonds. The van der Waals surface area contributed by atoms with Crippen molar-refractivity contribution < 1.29 is 4.79 Å². The highest BCUT2D eigenvalue weighted by Crippen LogP contribution is 2.38. The minimum absolute atomic E-state index is 0.00185. The normalized spacial score (nSPS) is 26.6. The first-order valence-electron chi connectivity index (χ1n) is 6.67. The monoisotopic (exact) mass is 246 g/mol. The summed E-state index contributed by atoms with van der Waals surface area (Å²) in [5.41, 5.74) is 0.971. The molecular formula is C15H22N2O. The van der Waals surface area contributed by atoms with Crippen molar-refractivity contribution in [3.8, 4) is 0 Å². The molecule has 0 unspecified atom stereocenters. The fourth-order valence-corrected chi connectivity index (χ4v) is 3.22. The SMILES string of the molecule is C[C@H]1C[C@H](NC(=O)c2cccnc2)CC(C)(C)C1. The molecule has 1 aliphatic carbocycles. The van der Waals surface area contributed by atoms with E-state index >= 15 is 0 Å². The summed E-state index contributed by atoms with van der Waals surface area (Å²) in [5, 5.41) is 3.14. The Kier molecular flexibility index (Phi) is 3.69. The molecule has 0 aromatic carbocycles. The summed E-state index contributed by atoms with van der Waals surface area (Å²) >= 11 is 0. The molecule has 3 heteroatoms. The molecule has 1 aliphatic rings. The summed E-state index contributed by atoms with van der Waals surface area (Å²) in [6, 6.07) is 3.89. The van der Waals surface area contributed by atoms with Crippen LogP contribution in [0.1, 0.15) is 50.4 Å². The lowest BCUT2D eigenvalue weighted by Crippen LogP contribution is -2.43. The van der Waals surface area contributed by atoms with E-state index in [2.05, 4.69) is 31.1 Å². The van der Waals surface area contributed by atoms with Crippen molar-refractivity contribution in [3.05, 3.63) is 30.1 Å². The molecule has 0 aliphatic heterocycles. The van der Waals surface area contributed by atoms with Crippen molar-refractivity contribution in [2.24, 2.45) is 11.3 Å². The molecule has 2 atom stereocenters. The zero-order chi connectivity index (χ0) is 13.2. The lowest BCUT2D eigenvalue weighted by molar-refractivity contribution is 0.0874. The quantitative estimate of drug-likeness (QED) is 0.871. The minimum Gasteiger partial charge on any atom is -0.349 e. The van der Waals surface area contributed by atoms with Gasteiger partial charge in [-0.2, -0.15) is 0 Å². The number of hydrogen-bond acceptors (Lipinski definition) is 2. The van der Waals surface area contributed by atoms with Crippen LogP contribution in [0, 0.1) is 11.3 Å². The van der Waals surface area contributed by atoms with Crippen molar-refractivity contribution in [1.29, 1.82) is 0 Å². The predicted molar refractivity (Wildman–Crippen MR) is 72.3 cm³/mol. The maximum Gasteiger partial charge on any atom is 0.253 e. The highest BCUT2D eigenvalue weighted by Gasteiger charge is 2.32. The van der Waals surface area contributed by atoms with Gasteiger partial charge in [0, 0.05) is 18.4 Å². The van der Waals surface area contributed by atoms with Gasteiger partial charge in [-0.05, 0) is 42.7 Å². The van der Waals surface area contributed by atoms with Crippen LogP contribution in [0.5, 0.6) is 0 Å². The van der Waals surface area contributed by atoms with Gasteiger partial charge in [0.25, 0.3) is 5.91 Å².